The third-order valence-electron chi connectivity index (χ3n) is 2.17. The first kappa shape index (κ1) is 17.4. The fourth-order valence-corrected chi connectivity index (χ4v) is 1.70. The van der Waals surface area contributed by atoms with Crippen molar-refractivity contribution < 1.29 is 22.1 Å². The van der Waals surface area contributed by atoms with E-state index in [9.17, 15) is 13.2 Å². The van der Waals surface area contributed by atoms with E-state index in [4.69, 9.17) is 4.74 Å². The molecule has 6 heteroatoms. The van der Waals surface area contributed by atoms with Crippen molar-refractivity contribution in [2.75, 3.05) is 12.9 Å². The number of ether oxygens (including phenoxy) is 1. The molecule has 0 heterocycles. The summed E-state index contributed by atoms with van der Waals surface area (Å²) in [5.41, 5.74) is -0.459. The van der Waals surface area contributed by atoms with Gasteiger partial charge in [-0.25, -0.2) is 0 Å². The number of hydrogen-bond acceptors (Lipinski definition) is 5. The third-order valence-corrected chi connectivity index (χ3v) is 2.76. The van der Waals surface area contributed by atoms with Crippen LogP contribution in [0, 0.1) is 5.92 Å². The molecule has 0 aromatic heterocycles. The molecular weight excluding hydrogens is 256 g/mol. The lowest BCUT2D eigenvalue weighted by Gasteiger charge is -2.20. The summed E-state index contributed by atoms with van der Waals surface area (Å²) >= 11 is 0. The van der Waals surface area contributed by atoms with Gasteiger partial charge in [-0.2, -0.15) is 8.42 Å². The van der Waals surface area contributed by atoms with Gasteiger partial charge in [0.25, 0.3) is 10.1 Å². The summed E-state index contributed by atoms with van der Waals surface area (Å²) in [6, 6.07) is 0. The molecule has 0 aliphatic heterocycles. The Bertz CT molecular complexity index is 353. The Labute approximate surface area is 110 Å². The zero-order valence-electron chi connectivity index (χ0n) is 11.9. The fraction of sp³-hybridized carbons (Fsp3) is 0.917. The van der Waals surface area contributed by atoms with Crippen molar-refractivity contribution in [1.82, 2.24) is 0 Å². The highest BCUT2D eigenvalue weighted by Crippen LogP contribution is 2.14. The summed E-state index contributed by atoms with van der Waals surface area (Å²) < 4.78 is 31.3. The number of hydrogen-bond donors (Lipinski definition) is 0. The van der Waals surface area contributed by atoms with Gasteiger partial charge in [0.15, 0.2) is 0 Å². The maximum absolute atomic E-state index is 11.4. The van der Waals surface area contributed by atoms with Gasteiger partial charge in [-0.15, -0.1) is 0 Å². The van der Waals surface area contributed by atoms with E-state index in [1.165, 1.54) is 0 Å². The van der Waals surface area contributed by atoms with Crippen molar-refractivity contribution >= 4 is 16.1 Å². The smallest absolute Gasteiger partial charge is 0.306 e. The molecule has 1 unspecified atom stereocenters. The molecule has 0 spiro atoms. The summed E-state index contributed by atoms with van der Waals surface area (Å²) in [6.45, 7) is 7.60. The van der Waals surface area contributed by atoms with E-state index in [-0.39, 0.29) is 18.5 Å². The van der Waals surface area contributed by atoms with E-state index < -0.39 is 15.7 Å². The lowest BCUT2D eigenvalue weighted by atomic mass is 10.0. The van der Waals surface area contributed by atoms with Gasteiger partial charge in [0.05, 0.1) is 12.9 Å². The molecule has 5 nitrogen and oxygen atoms in total. The van der Waals surface area contributed by atoms with Gasteiger partial charge in [0.1, 0.15) is 5.60 Å². The molecule has 0 amide bonds. The largest absolute Gasteiger partial charge is 0.460 e. The van der Waals surface area contributed by atoms with Gasteiger partial charge in [-0.1, -0.05) is 6.92 Å². The highest BCUT2D eigenvalue weighted by Gasteiger charge is 2.16. The monoisotopic (exact) mass is 280 g/mol. The highest BCUT2D eigenvalue weighted by atomic mass is 32.2. The summed E-state index contributed by atoms with van der Waals surface area (Å²) in [7, 11) is -3.37. The predicted octanol–water partition coefficient (Wildman–Crippen LogP) is 2.11. The zero-order chi connectivity index (χ0) is 14.4. The van der Waals surface area contributed by atoms with Gasteiger partial charge in [0.2, 0.25) is 0 Å². The molecule has 0 aromatic rings. The molecule has 0 aliphatic rings. The lowest BCUT2D eigenvalue weighted by Crippen LogP contribution is -2.24. The Hall–Kier alpha value is -0.620. The van der Waals surface area contributed by atoms with Crippen LogP contribution in [-0.2, 0) is 23.8 Å². The minimum absolute atomic E-state index is 0.161. The van der Waals surface area contributed by atoms with E-state index in [0.29, 0.717) is 19.3 Å². The minimum atomic E-state index is -3.37. The van der Waals surface area contributed by atoms with Crippen molar-refractivity contribution in [2.45, 2.75) is 52.6 Å². The third kappa shape index (κ3) is 11.9. The molecule has 0 bridgehead atoms. The topological polar surface area (TPSA) is 69.7 Å². The van der Waals surface area contributed by atoms with Gasteiger partial charge < -0.3 is 4.74 Å². The van der Waals surface area contributed by atoms with Crippen LogP contribution in [0.1, 0.15) is 47.0 Å². The van der Waals surface area contributed by atoms with Crippen LogP contribution in [0.4, 0.5) is 0 Å². The van der Waals surface area contributed by atoms with Crippen LogP contribution in [-0.4, -0.2) is 32.9 Å². The van der Waals surface area contributed by atoms with Crippen LogP contribution in [0.5, 0.6) is 0 Å². The van der Waals surface area contributed by atoms with Crippen molar-refractivity contribution in [3.05, 3.63) is 0 Å². The first-order chi connectivity index (χ1) is 7.99. The molecule has 0 aromatic carbocycles. The number of carbonyl (C=O) groups excluding carboxylic acids is 1. The quantitative estimate of drug-likeness (QED) is 0.527. The minimum Gasteiger partial charge on any atom is -0.460 e. The Balaban J connectivity index is 3.77. The normalized spacial score (nSPS) is 14.3. The van der Waals surface area contributed by atoms with E-state index in [1.54, 1.807) is 0 Å². The van der Waals surface area contributed by atoms with Gasteiger partial charge in [-0.3, -0.25) is 8.98 Å². The van der Waals surface area contributed by atoms with Crippen LogP contribution >= 0.6 is 0 Å². The molecule has 0 radical (unpaired) electrons. The molecule has 108 valence electrons. The molecular formula is C12H24O5S. The van der Waals surface area contributed by atoms with Crippen LogP contribution in [0.15, 0.2) is 0 Å². The Morgan fingerprint density at radius 1 is 1.22 bits per heavy atom. The maximum Gasteiger partial charge on any atom is 0.306 e. The summed E-state index contributed by atoms with van der Waals surface area (Å²) in [5, 5.41) is 0. The first-order valence-electron chi connectivity index (χ1n) is 6.06. The van der Waals surface area contributed by atoms with Crippen molar-refractivity contribution in [3.8, 4) is 0 Å². The number of esters is 1. The second kappa shape index (κ2) is 7.09. The first-order valence-corrected chi connectivity index (χ1v) is 7.87. The predicted molar refractivity (Wildman–Crippen MR) is 69.7 cm³/mol. The average Bonchev–Trinajstić information content (AvgIpc) is 2.09. The van der Waals surface area contributed by atoms with Crippen molar-refractivity contribution in [2.24, 2.45) is 5.92 Å². The summed E-state index contributed by atoms with van der Waals surface area (Å²) in [6.07, 6.45) is 2.65. The van der Waals surface area contributed by atoms with Crippen molar-refractivity contribution in [1.29, 1.82) is 0 Å². The van der Waals surface area contributed by atoms with Crippen LogP contribution in [0.25, 0.3) is 0 Å². The van der Waals surface area contributed by atoms with Crippen LogP contribution in [0.3, 0.4) is 0 Å². The highest BCUT2D eigenvalue weighted by molar-refractivity contribution is 7.85. The van der Waals surface area contributed by atoms with Crippen LogP contribution in [0.2, 0.25) is 0 Å². The van der Waals surface area contributed by atoms with E-state index in [0.717, 1.165) is 6.26 Å². The molecule has 0 aliphatic carbocycles. The average molecular weight is 280 g/mol. The zero-order valence-corrected chi connectivity index (χ0v) is 12.7. The lowest BCUT2D eigenvalue weighted by molar-refractivity contribution is -0.155. The molecule has 0 rings (SSSR count). The maximum atomic E-state index is 11.4. The Kier molecular flexibility index (Phi) is 6.84. The Morgan fingerprint density at radius 2 is 1.78 bits per heavy atom. The molecule has 0 saturated carbocycles. The van der Waals surface area contributed by atoms with Gasteiger partial charge in [0, 0.05) is 6.42 Å². The van der Waals surface area contributed by atoms with Gasteiger partial charge >= 0.3 is 5.97 Å². The summed E-state index contributed by atoms with van der Waals surface area (Å²) in [4.78, 5) is 11.4. The number of carbonyl (C=O) groups is 1. The fourth-order valence-electron chi connectivity index (χ4n) is 1.30. The molecule has 0 fully saturated rings. The van der Waals surface area contributed by atoms with Crippen LogP contribution < -0.4 is 0 Å². The second-order valence-electron chi connectivity index (χ2n) is 5.55. The molecule has 0 saturated heterocycles. The molecule has 0 N–H and O–H groups in total. The number of rotatable bonds is 7. The van der Waals surface area contributed by atoms with Gasteiger partial charge in [-0.05, 0) is 39.5 Å². The second-order valence-corrected chi connectivity index (χ2v) is 7.19. The Morgan fingerprint density at radius 3 is 2.22 bits per heavy atom. The molecule has 18 heavy (non-hydrogen) atoms. The van der Waals surface area contributed by atoms with E-state index in [2.05, 4.69) is 4.18 Å². The molecule has 1 atom stereocenters. The standard InChI is InChI=1S/C12H24O5S/c1-10(8-9-16-18(5,14)15)6-7-11(13)17-12(2,3)4/h10H,6-9H2,1-5H3. The van der Waals surface area contributed by atoms with E-state index in [1.807, 2.05) is 27.7 Å². The SMILES string of the molecule is CC(CCOS(C)(=O)=O)CCC(=O)OC(C)(C)C. The summed E-state index contributed by atoms with van der Waals surface area (Å²) in [5.74, 6) is -0.00218. The van der Waals surface area contributed by atoms with E-state index >= 15 is 0 Å². The van der Waals surface area contributed by atoms with Crippen molar-refractivity contribution in [3.63, 3.8) is 0 Å².